The standard InChI is InChI=1S/C15H30O4S/c1-2-3-4-5-6-7-8-9-10-11-12-15(13-14-16)20(17,18)19/h14-15H,2-13H2,1H3,(H,17,18,19). The van der Waals surface area contributed by atoms with Crippen LogP contribution in [-0.4, -0.2) is 24.5 Å². The molecule has 0 aliphatic carbocycles. The van der Waals surface area contributed by atoms with Crippen molar-refractivity contribution in [2.75, 3.05) is 0 Å². The van der Waals surface area contributed by atoms with Gasteiger partial charge in [-0.15, -0.1) is 0 Å². The molecular formula is C15H30O4S. The molecular weight excluding hydrogens is 276 g/mol. The lowest BCUT2D eigenvalue weighted by Crippen LogP contribution is -2.20. The molecule has 0 aromatic carbocycles. The van der Waals surface area contributed by atoms with E-state index in [2.05, 4.69) is 6.92 Å². The van der Waals surface area contributed by atoms with E-state index in [1.165, 1.54) is 44.9 Å². The predicted octanol–water partition coefficient (Wildman–Crippen LogP) is 4.14. The summed E-state index contributed by atoms with van der Waals surface area (Å²) in [5.74, 6) is 0. The molecule has 4 nitrogen and oxygen atoms in total. The van der Waals surface area contributed by atoms with Gasteiger partial charge in [-0.2, -0.15) is 8.42 Å². The molecule has 0 aromatic heterocycles. The Morgan fingerprint density at radius 1 is 0.900 bits per heavy atom. The summed E-state index contributed by atoms with van der Waals surface area (Å²) in [4.78, 5) is 10.4. The zero-order valence-corrected chi connectivity index (χ0v) is 13.5. The van der Waals surface area contributed by atoms with Crippen LogP contribution < -0.4 is 0 Å². The van der Waals surface area contributed by atoms with Crippen molar-refractivity contribution in [3.8, 4) is 0 Å². The van der Waals surface area contributed by atoms with Crippen molar-refractivity contribution in [3.05, 3.63) is 0 Å². The van der Waals surface area contributed by atoms with Crippen molar-refractivity contribution in [2.45, 2.75) is 89.2 Å². The SMILES string of the molecule is CCCCCCCCCCCCC(CC=O)S(=O)(=O)O. The third-order valence-corrected chi connectivity index (χ3v) is 4.93. The Morgan fingerprint density at radius 2 is 1.35 bits per heavy atom. The van der Waals surface area contributed by atoms with E-state index in [1.54, 1.807) is 0 Å². The molecule has 0 rings (SSSR count). The number of rotatable bonds is 14. The normalized spacial score (nSPS) is 13.3. The van der Waals surface area contributed by atoms with E-state index in [9.17, 15) is 13.2 Å². The number of carbonyl (C=O) groups is 1. The smallest absolute Gasteiger partial charge is 0.268 e. The lowest BCUT2D eigenvalue weighted by molar-refractivity contribution is -0.107. The molecule has 0 aliphatic rings. The van der Waals surface area contributed by atoms with Crippen LogP contribution in [-0.2, 0) is 14.9 Å². The van der Waals surface area contributed by atoms with Gasteiger partial charge in [-0.3, -0.25) is 4.55 Å². The quantitative estimate of drug-likeness (QED) is 0.297. The minimum atomic E-state index is -4.07. The highest BCUT2D eigenvalue weighted by molar-refractivity contribution is 7.86. The second-order valence-electron chi connectivity index (χ2n) is 5.51. The van der Waals surface area contributed by atoms with Gasteiger partial charge in [0.05, 0.1) is 5.25 Å². The molecule has 1 N–H and O–H groups in total. The Balaban J connectivity index is 3.48. The molecule has 0 saturated heterocycles. The monoisotopic (exact) mass is 306 g/mol. The van der Waals surface area contributed by atoms with Crippen LogP contribution >= 0.6 is 0 Å². The number of aldehydes is 1. The predicted molar refractivity (Wildman–Crippen MR) is 82.5 cm³/mol. The van der Waals surface area contributed by atoms with E-state index in [4.69, 9.17) is 4.55 Å². The second-order valence-corrected chi connectivity index (χ2v) is 7.21. The lowest BCUT2D eigenvalue weighted by Gasteiger charge is -2.10. The van der Waals surface area contributed by atoms with Gasteiger partial charge in [0.25, 0.3) is 10.1 Å². The van der Waals surface area contributed by atoms with Gasteiger partial charge in [0.2, 0.25) is 0 Å². The van der Waals surface area contributed by atoms with Crippen LogP contribution in [0.1, 0.15) is 84.0 Å². The Morgan fingerprint density at radius 3 is 1.75 bits per heavy atom. The van der Waals surface area contributed by atoms with Gasteiger partial charge in [-0.05, 0) is 6.42 Å². The third-order valence-electron chi connectivity index (χ3n) is 3.66. The van der Waals surface area contributed by atoms with Crippen LogP contribution in [0.25, 0.3) is 0 Å². The summed E-state index contributed by atoms with van der Waals surface area (Å²) in [6, 6.07) is 0. The zero-order chi connectivity index (χ0) is 15.3. The van der Waals surface area contributed by atoms with E-state index in [0.29, 0.717) is 12.7 Å². The molecule has 0 radical (unpaired) electrons. The van der Waals surface area contributed by atoms with Crippen LogP contribution in [0, 0.1) is 0 Å². The van der Waals surface area contributed by atoms with Crippen molar-refractivity contribution < 1.29 is 17.8 Å². The van der Waals surface area contributed by atoms with Crippen molar-refractivity contribution in [1.82, 2.24) is 0 Å². The van der Waals surface area contributed by atoms with Crippen molar-refractivity contribution in [3.63, 3.8) is 0 Å². The maximum Gasteiger partial charge on any atom is 0.268 e. The molecule has 20 heavy (non-hydrogen) atoms. The molecule has 0 amide bonds. The average Bonchev–Trinajstić information content (AvgIpc) is 2.38. The first kappa shape index (κ1) is 19.6. The summed E-state index contributed by atoms with van der Waals surface area (Å²) < 4.78 is 31.0. The third kappa shape index (κ3) is 11.4. The summed E-state index contributed by atoms with van der Waals surface area (Å²) in [6.45, 7) is 2.21. The molecule has 0 spiro atoms. The van der Waals surface area contributed by atoms with Crippen molar-refractivity contribution >= 4 is 16.4 Å². The van der Waals surface area contributed by atoms with Gasteiger partial charge in [-0.1, -0.05) is 71.1 Å². The summed E-state index contributed by atoms with van der Waals surface area (Å²) in [6.07, 6.45) is 12.7. The highest BCUT2D eigenvalue weighted by Gasteiger charge is 2.21. The van der Waals surface area contributed by atoms with Gasteiger partial charge in [0, 0.05) is 6.42 Å². The highest BCUT2D eigenvalue weighted by Crippen LogP contribution is 2.15. The Hall–Kier alpha value is -0.420. The maximum absolute atomic E-state index is 11.0. The van der Waals surface area contributed by atoms with Gasteiger partial charge in [-0.25, -0.2) is 0 Å². The zero-order valence-electron chi connectivity index (χ0n) is 12.7. The minimum absolute atomic E-state index is 0.101. The fourth-order valence-corrected chi connectivity index (χ4v) is 3.14. The van der Waals surface area contributed by atoms with Crippen LogP contribution in [0.3, 0.4) is 0 Å². The van der Waals surface area contributed by atoms with E-state index in [0.717, 1.165) is 19.3 Å². The first-order chi connectivity index (χ1) is 9.52. The van der Waals surface area contributed by atoms with E-state index >= 15 is 0 Å². The summed E-state index contributed by atoms with van der Waals surface area (Å²) in [7, 11) is -4.07. The summed E-state index contributed by atoms with van der Waals surface area (Å²) in [5, 5.41) is -0.908. The number of carbonyl (C=O) groups excluding carboxylic acids is 1. The van der Waals surface area contributed by atoms with Crippen LogP contribution in [0.15, 0.2) is 0 Å². The molecule has 5 heteroatoms. The number of hydrogen-bond acceptors (Lipinski definition) is 3. The van der Waals surface area contributed by atoms with E-state index in [-0.39, 0.29) is 6.42 Å². The fourth-order valence-electron chi connectivity index (χ4n) is 2.36. The molecule has 0 heterocycles. The van der Waals surface area contributed by atoms with Crippen LogP contribution in [0.2, 0.25) is 0 Å². The molecule has 1 unspecified atom stereocenters. The molecule has 0 saturated carbocycles. The van der Waals surface area contributed by atoms with Crippen LogP contribution in [0.4, 0.5) is 0 Å². The van der Waals surface area contributed by atoms with Crippen molar-refractivity contribution in [1.29, 1.82) is 0 Å². The first-order valence-corrected chi connectivity index (χ1v) is 9.42. The topological polar surface area (TPSA) is 71.4 Å². The number of hydrogen-bond donors (Lipinski definition) is 1. The lowest BCUT2D eigenvalue weighted by atomic mass is 10.0. The minimum Gasteiger partial charge on any atom is -0.303 e. The summed E-state index contributed by atoms with van der Waals surface area (Å²) >= 11 is 0. The van der Waals surface area contributed by atoms with E-state index in [1.807, 2.05) is 0 Å². The number of unbranched alkanes of at least 4 members (excludes halogenated alkanes) is 9. The molecule has 0 bridgehead atoms. The van der Waals surface area contributed by atoms with Gasteiger partial charge >= 0.3 is 0 Å². The Kier molecular flexibility index (Phi) is 12.1. The van der Waals surface area contributed by atoms with E-state index < -0.39 is 15.4 Å². The molecule has 120 valence electrons. The largest absolute Gasteiger partial charge is 0.303 e. The fraction of sp³-hybridized carbons (Fsp3) is 0.933. The second kappa shape index (κ2) is 12.3. The van der Waals surface area contributed by atoms with Crippen LogP contribution in [0.5, 0.6) is 0 Å². The molecule has 0 aromatic rings. The van der Waals surface area contributed by atoms with Gasteiger partial charge in [0.15, 0.2) is 0 Å². The molecule has 1 atom stereocenters. The van der Waals surface area contributed by atoms with Crippen molar-refractivity contribution in [2.24, 2.45) is 0 Å². The maximum atomic E-state index is 11.0. The highest BCUT2D eigenvalue weighted by atomic mass is 32.2. The average molecular weight is 306 g/mol. The van der Waals surface area contributed by atoms with Gasteiger partial charge < -0.3 is 4.79 Å². The summed E-state index contributed by atoms with van der Waals surface area (Å²) in [5.41, 5.74) is 0. The molecule has 0 aliphatic heterocycles. The Bertz CT molecular complexity index is 325. The van der Waals surface area contributed by atoms with Gasteiger partial charge in [0.1, 0.15) is 6.29 Å². The molecule has 0 fully saturated rings. The Labute approximate surface area is 124 Å². The first-order valence-electron chi connectivity index (χ1n) is 7.92.